The van der Waals surface area contributed by atoms with Crippen LogP contribution in [0.15, 0.2) is 30.3 Å². The number of amides is 1. The lowest BCUT2D eigenvalue weighted by Crippen LogP contribution is -2.57. The molecule has 1 amide bonds. The number of hydrogen-bond donors (Lipinski definition) is 2. The fourth-order valence-electron chi connectivity index (χ4n) is 2.55. The standard InChI is InChI=1S/C15H22N2O3/c1-11-8-17(9-13(10-18)20-11)14(19)15(2,16)12-6-4-3-5-7-12/h3-7,11,13,18H,8-10,16H2,1-2H3. The van der Waals surface area contributed by atoms with Gasteiger partial charge < -0.3 is 20.5 Å². The third kappa shape index (κ3) is 3.00. The van der Waals surface area contributed by atoms with Gasteiger partial charge in [-0.15, -0.1) is 0 Å². The Balaban J connectivity index is 2.17. The van der Waals surface area contributed by atoms with Crippen LogP contribution in [0.3, 0.4) is 0 Å². The molecule has 5 heteroatoms. The Hall–Kier alpha value is -1.43. The van der Waals surface area contributed by atoms with E-state index < -0.39 is 5.54 Å². The predicted octanol–water partition coefficient (Wildman–Crippen LogP) is 0.469. The molecule has 0 bridgehead atoms. The second kappa shape index (κ2) is 5.91. The van der Waals surface area contributed by atoms with Gasteiger partial charge in [-0.2, -0.15) is 0 Å². The molecule has 1 heterocycles. The first-order valence-corrected chi connectivity index (χ1v) is 6.85. The first kappa shape index (κ1) is 15.0. The number of ether oxygens (including phenoxy) is 1. The Bertz CT molecular complexity index is 461. The fraction of sp³-hybridized carbons (Fsp3) is 0.533. The van der Waals surface area contributed by atoms with Crippen molar-refractivity contribution in [3.8, 4) is 0 Å². The second-order valence-electron chi connectivity index (χ2n) is 5.53. The first-order chi connectivity index (χ1) is 9.45. The molecular formula is C15H22N2O3. The van der Waals surface area contributed by atoms with Crippen molar-refractivity contribution in [1.82, 2.24) is 4.90 Å². The van der Waals surface area contributed by atoms with E-state index in [0.717, 1.165) is 5.56 Å². The van der Waals surface area contributed by atoms with Crippen LogP contribution in [-0.4, -0.2) is 47.8 Å². The number of aliphatic hydroxyl groups is 1. The number of carbonyl (C=O) groups excluding carboxylic acids is 1. The van der Waals surface area contributed by atoms with Gasteiger partial charge in [0.1, 0.15) is 5.54 Å². The lowest BCUT2D eigenvalue weighted by molar-refractivity contribution is -0.152. The van der Waals surface area contributed by atoms with Crippen LogP contribution in [0.4, 0.5) is 0 Å². The predicted molar refractivity (Wildman–Crippen MR) is 76.0 cm³/mol. The zero-order valence-electron chi connectivity index (χ0n) is 12.0. The van der Waals surface area contributed by atoms with E-state index in [0.29, 0.717) is 13.1 Å². The maximum absolute atomic E-state index is 12.7. The molecule has 0 radical (unpaired) electrons. The summed E-state index contributed by atoms with van der Waals surface area (Å²) in [5, 5.41) is 9.23. The Morgan fingerprint density at radius 3 is 2.70 bits per heavy atom. The summed E-state index contributed by atoms with van der Waals surface area (Å²) in [5.74, 6) is -0.141. The smallest absolute Gasteiger partial charge is 0.247 e. The molecule has 1 fully saturated rings. The molecule has 1 aromatic rings. The monoisotopic (exact) mass is 278 g/mol. The van der Waals surface area contributed by atoms with Crippen molar-refractivity contribution in [3.05, 3.63) is 35.9 Å². The van der Waals surface area contributed by atoms with Crippen LogP contribution < -0.4 is 5.73 Å². The third-order valence-corrected chi connectivity index (χ3v) is 3.63. The average molecular weight is 278 g/mol. The summed E-state index contributed by atoms with van der Waals surface area (Å²) in [7, 11) is 0. The third-order valence-electron chi connectivity index (χ3n) is 3.63. The fourth-order valence-corrected chi connectivity index (χ4v) is 2.55. The second-order valence-corrected chi connectivity index (χ2v) is 5.53. The molecule has 20 heavy (non-hydrogen) atoms. The van der Waals surface area contributed by atoms with Crippen molar-refractivity contribution < 1.29 is 14.6 Å². The van der Waals surface area contributed by atoms with Gasteiger partial charge in [0.05, 0.1) is 18.8 Å². The van der Waals surface area contributed by atoms with Crippen LogP contribution >= 0.6 is 0 Å². The minimum Gasteiger partial charge on any atom is -0.394 e. The number of carbonyl (C=O) groups is 1. The summed E-state index contributed by atoms with van der Waals surface area (Å²) in [4.78, 5) is 14.4. The van der Waals surface area contributed by atoms with Crippen LogP contribution in [0.1, 0.15) is 19.4 Å². The lowest BCUT2D eigenvalue weighted by Gasteiger charge is -2.39. The van der Waals surface area contributed by atoms with Gasteiger partial charge in [-0.05, 0) is 19.4 Å². The minimum absolute atomic E-state index is 0.0965. The summed E-state index contributed by atoms with van der Waals surface area (Å²) in [6.07, 6.45) is -0.439. The van der Waals surface area contributed by atoms with Crippen molar-refractivity contribution in [3.63, 3.8) is 0 Å². The highest BCUT2D eigenvalue weighted by Gasteiger charge is 2.38. The van der Waals surface area contributed by atoms with Gasteiger partial charge in [-0.1, -0.05) is 30.3 Å². The van der Waals surface area contributed by atoms with E-state index in [1.54, 1.807) is 11.8 Å². The van der Waals surface area contributed by atoms with Gasteiger partial charge in [0.15, 0.2) is 0 Å². The van der Waals surface area contributed by atoms with Gasteiger partial charge in [0.25, 0.3) is 0 Å². The number of nitrogens with zero attached hydrogens (tertiary/aromatic N) is 1. The molecule has 2 rings (SSSR count). The van der Waals surface area contributed by atoms with Gasteiger partial charge in [-0.3, -0.25) is 4.79 Å². The molecule has 0 aromatic heterocycles. The number of nitrogens with two attached hydrogens (primary N) is 1. The highest BCUT2D eigenvalue weighted by Crippen LogP contribution is 2.22. The van der Waals surface area contributed by atoms with Gasteiger partial charge in [0, 0.05) is 13.1 Å². The summed E-state index contributed by atoms with van der Waals surface area (Å²) in [6.45, 7) is 4.38. The Kier molecular flexibility index (Phi) is 4.42. The van der Waals surface area contributed by atoms with Gasteiger partial charge in [-0.25, -0.2) is 0 Å². The lowest BCUT2D eigenvalue weighted by atomic mass is 9.91. The van der Waals surface area contributed by atoms with Gasteiger partial charge >= 0.3 is 0 Å². The quantitative estimate of drug-likeness (QED) is 0.842. The van der Waals surface area contributed by atoms with Crippen LogP contribution in [0, 0.1) is 0 Å². The molecule has 1 saturated heterocycles. The maximum atomic E-state index is 12.7. The molecule has 0 spiro atoms. The van der Waals surface area contributed by atoms with Crippen molar-refractivity contribution >= 4 is 5.91 Å². The van der Waals surface area contributed by atoms with Crippen LogP contribution in [0.5, 0.6) is 0 Å². The molecule has 5 nitrogen and oxygen atoms in total. The maximum Gasteiger partial charge on any atom is 0.247 e. The van der Waals surface area contributed by atoms with E-state index in [4.69, 9.17) is 10.5 Å². The SMILES string of the molecule is CC1CN(C(=O)C(C)(N)c2ccccc2)CC(CO)O1. The molecule has 3 atom stereocenters. The number of hydrogen-bond acceptors (Lipinski definition) is 4. The molecule has 1 aliphatic heterocycles. The molecule has 3 unspecified atom stereocenters. The van der Waals surface area contributed by atoms with E-state index >= 15 is 0 Å². The Morgan fingerprint density at radius 1 is 1.45 bits per heavy atom. The van der Waals surface area contributed by atoms with Crippen LogP contribution in [0.2, 0.25) is 0 Å². The Labute approximate surface area is 119 Å². The highest BCUT2D eigenvalue weighted by molar-refractivity contribution is 5.87. The number of aliphatic hydroxyl groups excluding tert-OH is 1. The van der Waals surface area contributed by atoms with E-state index in [-0.39, 0.29) is 24.7 Å². The van der Waals surface area contributed by atoms with E-state index in [1.807, 2.05) is 37.3 Å². The summed E-state index contributed by atoms with van der Waals surface area (Å²) < 4.78 is 5.55. The Morgan fingerprint density at radius 2 is 2.10 bits per heavy atom. The average Bonchev–Trinajstić information content (AvgIpc) is 2.46. The first-order valence-electron chi connectivity index (χ1n) is 6.85. The molecule has 0 saturated carbocycles. The summed E-state index contributed by atoms with van der Waals surface area (Å²) in [5.41, 5.74) is 5.96. The van der Waals surface area contributed by atoms with Gasteiger partial charge in [0.2, 0.25) is 5.91 Å². The van der Waals surface area contributed by atoms with Crippen molar-refractivity contribution in [2.45, 2.75) is 31.6 Å². The summed E-state index contributed by atoms with van der Waals surface area (Å²) >= 11 is 0. The van der Waals surface area contributed by atoms with Crippen LogP contribution in [0.25, 0.3) is 0 Å². The van der Waals surface area contributed by atoms with Crippen molar-refractivity contribution in [1.29, 1.82) is 0 Å². The van der Waals surface area contributed by atoms with E-state index in [9.17, 15) is 9.90 Å². The number of benzene rings is 1. The largest absolute Gasteiger partial charge is 0.394 e. The molecule has 0 aliphatic carbocycles. The van der Waals surface area contributed by atoms with E-state index in [1.165, 1.54) is 0 Å². The number of rotatable bonds is 3. The zero-order chi connectivity index (χ0) is 14.8. The molecule has 1 aromatic carbocycles. The van der Waals surface area contributed by atoms with Crippen molar-refractivity contribution in [2.24, 2.45) is 5.73 Å². The summed E-state index contributed by atoms with van der Waals surface area (Å²) in [6, 6.07) is 9.33. The topological polar surface area (TPSA) is 75.8 Å². The molecular weight excluding hydrogens is 256 g/mol. The number of morpholine rings is 1. The normalized spacial score (nSPS) is 26.1. The van der Waals surface area contributed by atoms with Crippen LogP contribution in [-0.2, 0) is 15.1 Å². The van der Waals surface area contributed by atoms with E-state index in [2.05, 4.69) is 0 Å². The molecule has 1 aliphatic rings. The van der Waals surface area contributed by atoms with Crippen molar-refractivity contribution in [2.75, 3.05) is 19.7 Å². The molecule has 110 valence electrons. The minimum atomic E-state index is -1.07. The highest BCUT2D eigenvalue weighted by atomic mass is 16.5. The zero-order valence-corrected chi connectivity index (χ0v) is 12.0. The molecule has 3 N–H and O–H groups in total.